The Hall–Kier alpha value is -1.32. The molecule has 1 heterocycles. The maximum absolute atomic E-state index is 5.98. The van der Waals surface area contributed by atoms with Crippen molar-refractivity contribution in [2.75, 3.05) is 6.54 Å². The zero-order valence-electron chi connectivity index (χ0n) is 13.0. The highest BCUT2D eigenvalue weighted by atomic mass is 35.5. The van der Waals surface area contributed by atoms with Crippen LogP contribution in [-0.4, -0.2) is 16.3 Å². The standard InChI is InChI=1S/C17H24ClN3/c1-4-10-19-17(14-5-7-15(18)8-6-14)12-16-9-11-21(20-16)13(2)3/h5-9,11,13,17,19H,4,10,12H2,1-3H3. The van der Waals surface area contributed by atoms with Crippen LogP contribution in [0.1, 0.15) is 50.5 Å². The molecule has 1 unspecified atom stereocenters. The molecule has 1 aromatic carbocycles. The predicted octanol–water partition coefficient (Wildman–Crippen LogP) is 4.40. The van der Waals surface area contributed by atoms with E-state index in [0.29, 0.717) is 6.04 Å². The third-order valence-electron chi connectivity index (χ3n) is 3.52. The Bertz CT molecular complexity index is 545. The van der Waals surface area contributed by atoms with E-state index >= 15 is 0 Å². The quantitative estimate of drug-likeness (QED) is 0.821. The molecule has 3 nitrogen and oxygen atoms in total. The maximum Gasteiger partial charge on any atom is 0.0643 e. The first kappa shape index (κ1) is 16.1. The molecule has 1 atom stereocenters. The normalized spacial score (nSPS) is 12.8. The van der Waals surface area contributed by atoms with Gasteiger partial charge in [-0.1, -0.05) is 30.7 Å². The van der Waals surface area contributed by atoms with Crippen molar-refractivity contribution in [3.8, 4) is 0 Å². The van der Waals surface area contributed by atoms with Crippen molar-refractivity contribution in [1.82, 2.24) is 15.1 Å². The summed E-state index contributed by atoms with van der Waals surface area (Å²) < 4.78 is 2.01. The van der Waals surface area contributed by atoms with Crippen molar-refractivity contribution in [2.24, 2.45) is 0 Å². The Kier molecular flexibility index (Phi) is 5.83. The van der Waals surface area contributed by atoms with Gasteiger partial charge in [0.2, 0.25) is 0 Å². The molecule has 4 heteroatoms. The molecule has 114 valence electrons. The summed E-state index contributed by atoms with van der Waals surface area (Å²) in [5.74, 6) is 0. The molecule has 0 spiro atoms. The van der Waals surface area contributed by atoms with Crippen LogP contribution in [0, 0.1) is 0 Å². The van der Waals surface area contributed by atoms with E-state index in [1.54, 1.807) is 0 Å². The lowest BCUT2D eigenvalue weighted by molar-refractivity contribution is 0.499. The van der Waals surface area contributed by atoms with Crippen molar-refractivity contribution >= 4 is 11.6 Å². The monoisotopic (exact) mass is 305 g/mol. The van der Waals surface area contributed by atoms with E-state index in [0.717, 1.165) is 30.1 Å². The van der Waals surface area contributed by atoms with Gasteiger partial charge in [-0.3, -0.25) is 4.68 Å². The largest absolute Gasteiger partial charge is 0.310 e. The molecular weight excluding hydrogens is 282 g/mol. The molecule has 0 aliphatic heterocycles. The van der Waals surface area contributed by atoms with E-state index in [2.05, 4.69) is 55.6 Å². The highest BCUT2D eigenvalue weighted by Gasteiger charge is 2.13. The van der Waals surface area contributed by atoms with Gasteiger partial charge in [-0.25, -0.2) is 0 Å². The van der Waals surface area contributed by atoms with E-state index in [1.807, 2.05) is 16.8 Å². The third-order valence-corrected chi connectivity index (χ3v) is 3.77. The van der Waals surface area contributed by atoms with Crippen molar-refractivity contribution < 1.29 is 0 Å². The van der Waals surface area contributed by atoms with Crippen LogP contribution >= 0.6 is 11.6 Å². The second-order valence-electron chi connectivity index (χ2n) is 5.64. The van der Waals surface area contributed by atoms with Gasteiger partial charge in [0.1, 0.15) is 0 Å². The van der Waals surface area contributed by atoms with Crippen LogP contribution in [0.4, 0.5) is 0 Å². The zero-order chi connectivity index (χ0) is 15.2. The lowest BCUT2D eigenvalue weighted by atomic mass is 10.0. The molecule has 0 saturated carbocycles. The first-order chi connectivity index (χ1) is 10.1. The van der Waals surface area contributed by atoms with Gasteiger partial charge in [0, 0.05) is 29.7 Å². The highest BCUT2D eigenvalue weighted by molar-refractivity contribution is 6.30. The summed E-state index contributed by atoms with van der Waals surface area (Å²) >= 11 is 5.98. The highest BCUT2D eigenvalue weighted by Crippen LogP contribution is 2.20. The Morgan fingerprint density at radius 2 is 1.90 bits per heavy atom. The molecule has 0 aliphatic rings. The molecule has 0 radical (unpaired) electrons. The van der Waals surface area contributed by atoms with Crippen molar-refractivity contribution in [1.29, 1.82) is 0 Å². The van der Waals surface area contributed by atoms with Crippen molar-refractivity contribution in [3.05, 3.63) is 52.8 Å². The van der Waals surface area contributed by atoms with Gasteiger partial charge in [0.25, 0.3) is 0 Å². The Morgan fingerprint density at radius 1 is 1.19 bits per heavy atom. The Morgan fingerprint density at radius 3 is 2.48 bits per heavy atom. The molecule has 1 aromatic heterocycles. The number of halogens is 1. The lowest BCUT2D eigenvalue weighted by Gasteiger charge is -2.18. The molecule has 21 heavy (non-hydrogen) atoms. The minimum Gasteiger partial charge on any atom is -0.310 e. The van der Waals surface area contributed by atoms with Crippen LogP contribution in [0.2, 0.25) is 5.02 Å². The number of benzene rings is 1. The summed E-state index contributed by atoms with van der Waals surface area (Å²) in [6.07, 6.45) is 4.06. The van der Waals surface area contributed by atoms with Gasteiger partial charge in [-0.15, -0.1) is 0 Å². The number of aromatic nitrogens is 2. The molecule has 0 saturated heterocycles. The number of rotatable bonds is 7. The van der Waals surface area contributed by atoms with Gasteiger partial charge in [-0.05, 0) is 50.6 Å². The van der Waals surface area contributed by atoms with E-state index in [-0.39, 0.29) is 6.04 Å². The van der Waals surface area contributed by atoms with Crippen LogP contribution < -0.4 is 5.32 Å². The van der Waals surface area contributed by atoms with Crippen molar-refractivity contribution in [2.45, 2.75) is 45.7 Å². The van der Waals surface area contributed by atoms with E-state index in [4.69, 9.17) is 11.6 Å². The van der Waals surface area contributed by atoms with Crippen LogP contribution in [0.5, 0.6) is 0 Å². The van der Waals surface area contributed by atoms with E-state index < -0.39 is 0 Å². The topological polar surface area (TPSA) is 29.9 Å². The summed E-state index contributed by atoms with van der Waals surface area (Å²) in [4.78, 5) is 0. The smallest absolute Gasteiger partial charge is 0.0643 e. The number of hydrogen-bond donors (Lipinski definition) is 1. The van der Waals surface area contributed by atoms with E-state index in [1.165, 1.54) is 5.56 Å². The van der Waals surface area contributed by atoms with Crippen LogP contribution in [0.3, 0.4) is 0 Å². The summed E-state index contributed by atoms with van der Waals surface area (Å²) in [5, 5.41) is 9.03. The fraction of sp³-hybridized carbons (Fsp3) is 0.471. The number of nitrogens with zero attached hydrogens (tertiary/aromatic N) is 2. The summed E-state index contributed by atoms with van der Waals surface area (Å²) in [7, 11) is 0. The van der Waals surface area contributed by atoms with Gasteiger partial charge < -0.3 is 5.32 Å². The van der Waals surface area contributed by atoms with Gasteiger partial charge >= 0.3 is 0 Å². The van der Waals surface area contributed by atoms with Crippen LogP contribution in [0.15, 0.2) is 36.5 Å². The molecule has 2 rings (SSSR count). The average Bonchev–Trinajstić information content (AvgIpc) is 2.93. The fourth-order valence-electron chi connectivity index (χ4n) is 2.30. The molecule has 0 aliphatic carbocycles. The maximum atomic E-state index is 5.98. The van der Waals surface area contributed by atoms with E-state index in [9.17, 15) is 0 Å². The average molecular weight is 306 g/mol. The number of hydrogen-bond acceptors (Lipinski definition) is 2. The van der Waals surface area contributed by atoms with Gasteiger partial charge in [-0.2, -0.15) is 5.10 Å². The molecule has 0 amide bonds. The first-order valence-electron chi connectivity index (χ1n) is 7.63. The van der Waals surface area contributed by atoms with Crippen molar-refractivity contribution in [3.63, 3.8) is 0 Å². The SMILES string of the molecule is CCCNC(Cc1ccn(C(C)C)n1)c1ccc(Cl)cc1. The zero-order valence-corrected chi connectivity index (χ0v) is 13.8. The summed E-state index contributed by atoms with van der Waals surface area (Å²) in [6, 6.07) is 10.9. The fourth-order valence-corrected chi connectivity index (χ4v) is 2.43. The second-order valence-corrected chi connectivity index (χ2v) is 6.08. The Labute approximate surface area is 132 Å². The van der Waals surface area contributed by atoms with Gasteiger partial charge in [0.05, 0.1) is 5.69 Å². The third kappa shape index (κ3) is 4.58. The molecule has 2 aromatic rings. The summed E-state index contributed by atoms with van der Waals surface area (Å²) in [6.45, 7) is 7.46. The Balaban J connectivity index is 2.13. The van der Waals surface area contributed by atoms with Crippen LogP contribution in [0.25, 0.3) is 0 Å². The first-order valence-corrected chi connectivity index (χ1v) is 8.00. The molecular formula is C17H24ClN3. The minimum absolute atomic E-state index is 0.276. The molecule has 1 N–H and O–H groups in total. The minimum atomic E-state index is 0.276. The summed E-state index contributed by atoms with van der Waals surface area (Å²) in [5.41, 5.74) is 2.37. The second kappa shape index (κ2) is 7.62. The van der Waals surface area contributed by atoms with Crippen LogP contribution in [-0.2, 0) is 6.42 Å². The lowest BCUT2D eigenvalue weighted by Crippen LogP contribution is -2.24. The molecule has 0 bridgehead atoms. The number of nitrogens with one attached hydrogen (secondary N) is 1. The molecule has 0 fully saturated rings. The predicted molar refractivity (Wildman–Crippen MR) is 88.8 cm³/mol. The van der Waals surface area contributed by atoms with Gasteiger partial charge in [0.15, 0.2) is 0 Å².